The van der Waals surface area contributed by atoms with E-state index in [-0.39, 0.29) is 4.75 Å². The topological polar surface area (TPSA) is 53.5 Å². The zero-order valence-electron chi connectivity index (χ0n) is 15.7. The van der Waals surface area contributed by atoms with Gasteiger partial charge in [0, 0.05) is 39.3 Å². The first kappa shape index (κ1) is 21.0. The molecule has 136 valence electrons. The summed E-state index contributed by atoms with van der Waals surface area (Å²) in [5.74, 6) is 1.39. The molecule has 0 radical (unpaired) electrons. The van der Waals surface area contributed by atoms with Gasteiger partial charge in [0.15, 0.2) is 5.96 Å². The average molecular weight is 370 g/mol. The number of benzene rings is 1. The minimum Gasteiger partial charge on any atom is -0.357 e. The second kappa shape index (κ2) is 10.1. The molecule has 0 aliphatic carbocycles. The Kier molecular flexibility index (Phi) is 8.84. The molecule has 24 heavy (non-hydrogen) atoms. The van der Waals surface area contributed by atoms with E-state index in [4.69, 9.17) is 0 Å². The average Bonchev–Trinajstić information content (AvgIpc) is 2.52. The predicted molar refractivity (Wildman–Crippen MR) is 109 cm³/mol. The van der Waals surface area contributed by atoms with Crippen molar-refractivity contribution in [1.82, 2.24) is 10.6 Å². The van der Waals surface area contributed by atoms with E-state index in [1.165, 1.54) is 16.0 Å². The van der Waals surface area contributed by atoms with Crippen LogP contribution < -0.4 is 10.6 Å². The van der Waals surface area contributed by atoms with Crippen LogP contribution in [0.2, 0.25) is 0 Å². The Bertz CT molecular complexity index is 580. The normalized spacial score (nSPS) is 13.7. The van der Waals surface area contributed by atoms with E-state index >= 15 is 0 Å². The van der Waals surface area contributed by atoms with E-state index in [0.29, 0.717) is 18.8 Å². The number of nitrogens with one attached hydrogen (secondary N) is 2. The lowest BCUT2D eigenvalue weighted by Crippen LogP contribution is -2.40. The molecule has 0 amide bonds. The highest BCUT2D eigenvalue weighted by Gasteiger charge is 2.18. The molecule has 1 aromatic rings. The Hall–Kier alpha value is -1.01. The number of guanidine groups is 1. The number of hydrogen-bond acceptors (Lipinski definition) is 3. The maximum Gasteiger partial charge on any atom is 0.191 e. The monoisotopic (exact) mass is 369 g/mol. The fraction of sp³-hybridized carbons (Fsp3) is 0.611. The number of aryl methyl sites for hydroxylation is 1. The zero-order chi connectivity index (χ0) is 18.2. The summed E-state index contributed by atoms with van der Waals surface area (Å²) in [6.45, 7) is 12.2. The van der Waals surface area contributed by atoms with Crippen LogP contribution in [0.5, 0.6) is 0 Å². The molecule has 1 atom stereocenters. The maximum absolute atomic E-state index is 12.1. The summed E-state index contributed by atoms with van der Waals surface area (Å²) < 4.78 is 11.9. The van der Waals surface area contributed by atoms with Gasteiger partial charge in [-0.1, -0.05) is 12.1 Å². The third kappa shape index (κ3) is 7.26. The maximum atomic E-state index is 12.1. The molecule has 0 heterocycles. The number of nitrogens with zero attached hydrogens (tertiary/aromatic N) is 1. The third-order valence-electron chi connectivity index (χ3n) is 3.46. The van der Waals surface area contributed by atoms with E-state index in [0.717, 1.165) is 12.5 Å². The molecule has 0 aromatic heterocycles. The molecular weight excluding hydrogens is 338 g/mol. The summed E-state index contributed by atoms with van der Waals surface area (Å²) in [6, 6.07) is 6.46. The smallest absolute Gasteiger partial charge is 0.191 e. The fourth-order valence-electron chi connectivity index (χ4n) is 2.06. The summed E-state index contributed by atoms with van der Waals surface area (Å²) in [4.78, 5) is 5.93. The van der Waals surface area contributed by atoms with Gasteiger partial charge in [0.1, 0.15) is 0 Å². The van der Waals surface area contributed by atoms with Crippen molar-refractivity contribution in [1.29, 1.82) is 0 Å². The number of hydrogen-bond donors (Lipinski definition) is 2. The molecule has 2 N–H and O–H groups in total. The lowest BCUT2D eigenvalue weighted by molar-refractivity contribution is 0.647. The predicted octanol–water partition coefficient (Wildman–Crippen LogP) is 3.32. The van der Waals surface area contributed by atoms with E-state index in [1.54, 1.807) is 11.8 Å². The second-order valence-corrected chi connectivity index (χ2v) is 9.77. The lowest BCUT2D eigenvalue weighted by Gasteiger charge is -2.18. The molecule has 0 saturated heterocycles. The van der Waals surface area contributed by atoms with Gasteiger partial charge in [-0.2, -0.15) is 0 Å². The summed E-state index contributed by atoms with van der Waals surface area (Å²) in [7, 11) is -0.854. The number of thioether (sulfide) groups is 1. The van der Waals surface area contributed by atoms with E-state index < -0.39 is 10.8 Å². The van der Waals surface area contributed by atoms with Gasteiger partial charge >= 0.3 is 0 Å². The van der Waals surface area contributed by atoms with Crippen molar-refractivity contribution in [2.24, 2.45) is 4.99 Å². The van der Waals surface area contributed by atoms with Crippen molar-refractivity contribution in [3.8, 4) is 0 Å². The van der Waals surface area contributed by atoms with Gasteiger partial charge in [-0.05, 0) is 58.1 Å². The first-order chi connectivity index (χ1) is 11.3. The van der Waals surface area contributed by atoms with Gasteiger partial charge in [0.05, 0.1) is 6.54 Å². The highest BCUT2D eigenvalue weighted by Crippen LogP contribution is 2.22. The Morgan fingerprint density at radius 1 is 1.29 bits per heavy atom. The van der Waals surface area contributed by atoms with Gasteiger partial charge in [0.2, 0.25) is 0 Å². The molecule has 6 heteroatoms. The van der Waals surface area contributed by atoms with Crippen LogP contribution in [0, 0.1) is 6.92 Å². The van der Waals surface area contributed by atoms with Gasteiger partial charge in [-0.15, -0.1) is 11.8 Å². The highest BCUT2D eigenvalue weighted by atomic mass is 32.2. The van der Waals surface area contributed by atoms with Crippen molar-refractivity contribution in [3.63, 3.8) is 0 Å². The second-order valence-electron chi connectivity index (χ2n) is 6.60. The van der Waals surface area contributed by atoms with Crippen LogP contribution in [0.3, 0.4) is 0 Å². The van der Waals surface area contributed by atoms with Crippen molar-refractivity contribution in [2.75, 3.05) is 25.1 Å². The summed E-state index contributed by atoms with van der Waals surface area (Å²) in [5.41, 5.74) is 2.49. The van der Waals surface area contributed by atoms with Crippen molar-refractivity contribution >= 4 is 28.5 Å². The van der Waals surface area contributed by atoms with Gasteiger partial charge in [-0.3, -0.25) is 4.21 Å². The van der Waals surface area contributed by atoms with Crippen molar-refractivity contribution < 1.29 is 4.21 Å². The molecule has 0 saturated carbocycles. The quantitative estimate of drug-likeness (QED) is 0.440. The minimum absolute atomic E-state index is 0.174. The molecule has 0 spiro atoms. The van der Waals surface area contributed by atoms with Crippen LogP contribution in [0.15, 0.2) is 28.1 Å². The van der Waals surface area contributed by atoms with Gasteiger partial charge < -0.3 is 10.6 Å². The van der Waals surface area contributed by atoms with Crippen LogP contribution in [-0.4, -0.2) is 40.0 Å². The molecular formula is C18H31N3OS2. The van der Waals surface area contributed by atoms with Crippen LogP contribution >= 0.6 is 11.8 Å². The Morgan fingerprint density at radius 3 is 2.58 bits per heavy atom. The zero-order valence-corrected chi connectivity index (χ0v) is 17.4. The van der Waals surface area contributed by atoms with Crippen LogP contribution in [0.25, 0.3) is 0 Å². The largest absolute Gasteiger partial charge is 0.357 e. The van der Waals surface area contributed by atoms with Crippen LogP contribution in [0.4, 0.5) is 0 Å². The van der Waals surface area contributed by atoms with Gasteiger partial charge in [-0.25, -0.2) is 4.99 Å². The van der Waals surface area contributed by atoms with Gasteiger partial charge in [0.25, 0.3) is 0 Å². The molecule has 0 bridgehead atoms. The van der Waals surface area contributed by atoms with E-state index in [9.17, 15) is 4.21 Å². The van der Waals surface area contributed by atoms with Crippen LogP contribution in [0.1, 0.15) is 38.8 Å². The Morgan fingerprint density at radius 2 is 2.00 bits per heavy atom. The lowest BCUT2D eigenvalue weighted by atomic mass is 10.1. The fourth-order valence-corrected chi connectivity index (χ4v) is 3.66. The number of rotatable bonds is 7. The first-order valence-corrected chi connectivity index (χ1v) is 10.9. The summed E-state index contributed by atoms with van der Waals surface area (Å²) in [5, 5.41) is 6.53. The highest BCUT2D eigenvalue weighted by molar-refractivity contribution is 7.98. The molecule has 0 aliphatic heterocycles. The molecule has 1 aromatic carbocycles. The van der Waals surface area contributed by atoms with Crippen LogP contribution in [-0.2, 0) is 17.3 Å². The molecule has 0 fully saturated rings. The third-order valence-corrected chi connectivity index (χ3v) is 6.22. The summed E-state index contributed by atoms with van der Waals surface area (Å²) in [6.07, 6.45) is 2.09. The summed E-state index contributed by atoms with van der Waals surface area (Å²) >= 11 is 1.75. The van der Waals surface area contributed by atoms with E-state index in [2.05, 4.69) is 47.0 Å². The van der Waals surface area contributed by atoms with Crippen molar-refractivity contribution in [2.45, 2.75) is 50.8 Å². The molecule has 0 aliphatic rings. The Labute approximate surface area is 153 Å². The standard InChI is InChI=1S/C18H31N3OS2/c1-7-19-17(20-10-11-24(22)18(3,4)5)21-13-15-9-8-14(2)12-16(15)23-6/h8-9,12H,7,10-11,13H2,1-6H3,(H2,19,20,21). The molecule has 1 unspecified atom stereocenters. The van der Waals surface area contributed by atoms with E-state index in [1.807, 2.05) is 27.7 Å². The van der Waals surface area contributed by atoms with Crippen molar-refractivity contribution in [3.05, 3.63) is 29.3 Å². The molecule has 4 nitrogen and oxygen atoms in total. The SMILES string of the molecule is CCNC(=NCc1ccc(C)cc1SC)NCCS(=O)C(C)(C)C. The molecule has 1 rings (SSSR count). The first-order valence-electron chi connectivity index (χ1n) is 8.32. The Balaban J connectivity index is 2.67. The minimum atomic E-state index is -0.854. The number of aliphatic imine (C=N–C) groups is 1.